The van der Waals surface area contributed by atoms with Crippen LogP contribution in [0.3, 0.4) is 0 Å². The molecule has 0 heterocycles. The maximum atomic E-state index is 5.71. The lowest BCUT2D eigenvalue weighted by Gasteiger charge is -2.42. The Morgan fingerprint density at radius 1 is 1.57 bits per heavy atom. The predicted molar refractivity (Wildman–Crippen MR) is 59.3 cm³/mol. The average molecular weight is 198 g/mol. The molecule has 0 spiro atoms. The van der Waals surface area contributed by atoms with Crippen LogP contribution < -0.4 is 11.1 Å². The van der Waals surface area contributed by atoms with E-state index in [0.717, 1.165) is 25.3 Å². The molecule has 0 radical (unpaired) electrons. The van der Waals surface area contributed by atoms with Crippen LogP contribution in [0.5, 0.6) is 0 Å². The molecule has 1 saturated carbocycles. The second-order valence-corrected chi connectivity index (χ2v) is 4.27. The minimum Gasteiger partial charge on any atom is -0.376 e. The number of nitrogens with two attached hydrogens (primary N) is 1. The summed E-state index contributed by atoms with van der Waals surface area (Å²) in [5.74, 6) is 0. The van der Waals surface area contributed by atoms with Gasteiger partial charge in [0.05, 0.1) is 13.2 Å². The van der Waals surface area contributed by atoms with Crippen molar-refractivity contribution >= 4 is 0 Å². The highest BCUT2D eigenvalue weighted by Crippen LogP contribution is 2.30. The Labute approximate surface area is 86.7 Å². The molecule has 0 unspecified atom stereocenters. The second-order valence-electron chi connectivity index (χ2n) is 4.27. The maximum Gasteiger partial charge on any atom is 0.0672 e. The van der Waals surface area contributed by atoms with Crippen LogP contribution in [0.25, 0.3) is 0 Å². The van der Waals surface area contributed by atoms with Crippen molar-refractivity contribution in [3.63, 3.8) is 0 Å². The second kappa shape index (κ2) is 5.49. The van der Waals surface area contributed by atoms with E-state index in [-0.39, 0.29) is 5.54 Å². The van der Waals surface area contributed by atoms with Crippen LogP contribution in [0.4, 0.5) is 0 Å². The van der Waals surface area contributed by atoms with Gasteiger partial charge in [-0.15, -0.1) is 0 Å². The average Bonchev–Trinajstić information content (AvgIpc) is 2.08. The van der Waals surface area contributed by atoms with Gasteiger partial charge >= 0.3 is 0 Å². The number of nitrogens with one attached hydrogen (secondary N) is 1. The maximum absolute atomic E-state index is 5.71. The van der Waals surface area contributed by atoms with E-state index in [1.165, 1.54) is 19.3 Å². The van der Waals surface area contributed by atoms with E-state index in [4.69, 9.17) is 10.5 Å². The van der Waals surface area contributed by atoms with Gasteiger partial charge in [-0.25, -0.2) is 0 Å². The lowest BCUT2D eigenvalue weighted by atomic mass is 9.77. The van der Waals surface area contributed by atoms with Crippen molar-refractivity contribution in [2.75, 3.05) is 26.3 Å². The SMILES string of the molecule is C=C(C)COCCNC1(CN)CCC1. The Morgan fingerprint density at radius 3 is 2.71 bits per heavy atom. The number of hydrogen-bond donors (Lipinski definition) is 2. The summed E-state index contributed by atoms with van der Waals surface area (Å²) in [6.45, 7) is 8.80. The zero-order valence-corrected chi connectivity index (χ0v) is 9.14. The molecule has 0 bridgehead atoms. The summed E-state index contributed by atoms with van der Waals surface area (Å²) in [5, 5.41) is 3.48. The van der Waals surface area contributed by atoms with E-state index < -0.39 is 0 Å². The quantitative estimate of drug-likeness (QED) is 0.475. The number of hydrogen-bond acceptors (Lipinski definition) is 3. The van der Waals surface area contributed by atoms with Crippen LogP contribution in [0, 0.1) is 0 Å². The summed E-state index contributed by atoms with van der Waals surface area (Å²) in [5.41, 5.74) is 7.01. The Balaban J connectivity index is 2.00. The summed E-state index contributed by atoms with van der Waals surface area (Å²) in [4.78, 5) is 0. The first-order valence-corrected chi connectivity index (χ1v) is 5.36. The van der Waals surface area contributed by atoms with Crippen molar-refractivity contribution in [2.24, 2.45) is 5.73 Å². The summed E-state index contributed by atoms with van der Waals surface area (Å²) in [6, 6.07) is 0. The van der Waals surface area contributed by atoms with Crippen molar-refractivity contribution in [3.8, 4) is 0 Å². The third kappa shape index (κ3) is 3.40. The third-order valence-corrected chi connectivity index (χ3v) is 2.80. The van der Waals surface area contributed by atoms with Gasteiger partial charge in [0, 0.05) is 18.6 Å². The molecule has 0 aromatic rings. The monoisotopic (exact) mass is 198 g/mol. The third-order valence-electron chi connectivity index (χ3n) is 2.80. The van der Waals surface area contributed by atoms with E-state index in [9.17, 15) is 0 Å². The van der Waals surface area contributed by atoms with Gasteiger partial charge in [0.1, 0.15) is 0 Å². The van der Waals surface area contributed by atoms with Gasteiger partial charge in [0.15, 0.2) is 0 Å². The molecule has 1 fully saturated rings. The fraction of sp³-hybridized carbons (Fsp3) is 0.818. The Kier molecular flexibility index (Phi) is 4.58. The lowest BCUT2D eigenvalue weighted by molar-refractivity contribution is 0.128. The number of ether oxygens (including phenoxy) is 1. The summed E-state index contributed by atoms with van der Waals surface area (Å²) in [7, 11) is 0. The van der Waals surface area contributed by atoms with E-state index >= 15 is 0 Å². The van der Waals surface area contributed by atoms with Gasteiger partial charge in [0.2, 0.25) is 0 Å². The molecular weight excluding hydrogens is 176 g/mol. The van der Waals surface area contributed by atoms with Crippen LogP contribution in [0.1, 0.15) is 26.2 Å². The van der Waals surface area contributed by atoms with Gasteiger partial charge in [0.25, 0.3) is 0 Å². The molecule has 0 aromatic carbocycles. The fourth-order valence-corrected chi connectivity index (χ4v) is 1.69. The Bertz CT molecular complexity index is 182. The van der Waals surface area contributed by atoms with Gasteiger partial charge in [-0.2, -0.15) is 0 Å². The molecule has 3 N–H and O–H groups in total. The smallest absolute Gasteiger partial charge is 0.0672 e. The van der Waals surface area contributed by atoms with Crippen LogP contribution in [-0.2, 0) is 4.74 Å². The van der Waals surface area contributed by atoms with E-state index in [0.29, 0.717) is 6.61 Å². The summed E-state index contributed by atoms with van der Waals surface area (Å²) < 4.78 is 5.40. The standard InChI is InChI=1S/C11H22N2O/c1-10(2)8-14-7-6-13-11(9-12)4-3-5-11/h13H,1,3-9,12H2,2H3. The van der Waals surface area contributed by atoms with Crippen molar-refractivity contribution < 1.29 is 4.74 Å². The van der Waals surface area contributed by atoms with Crippen molar-refractivity contribution in [1.82, 2.24) is 5.32 Å². The first kappa shape index (κ1) is 11.7. The molecule has 0 aromatic heterocycles. The van der Waals surface area contributed by atoms with Gasteiger partial charge < -0.3 is 15.8 Å². The van der Waals surface area contributed by atoms with E-state index in [1.807, 2.05) is 6.92 Å². The van der Waals surface area contributed by atoms with Crippen LogP contribution in [0.2, 0.25) is 0 Å². The predicted octanol–water partition coefficient (Wildman–Crippen LogP) is 1.05. The van der Waals surface area contributed by atoms with E-state index in [2.05, 4.69) is 11.9 Å². The van der Waals surface area contributed by atoms with Crippen LogP contribution >= 0.6 is 0 Å². The molecule has 3 heteroatoms. The molecule has 1 aliphatic carbocycles. The van der Waals surface area contributed by atoms with Crippen LogP contribution in [0.15, 0.2) is 12.2 Å². The minimum atomic E-state index is 0.229. The molecule has 0 amide bonds. The molecule has 14 heavy (non-hydrogen) atoms. The van der Waals surface area contributed by atoms with Crippen molar-refractivity contribution in [3.05, 3.63) is 12.2 Å². The van der Waals surface area contributed by atoms with Crippen LogP contribution in [-0.4, -0.2) is 31.8 Å². The fourth-order valence-electron chi connectivity index (χ4n) is 1.69. The van der Waals surface area contributed by atoms with Gasteiger partial charge in [-0.1, -0.05) is 12.2 Å². The first-order chi connectivity index (χ1) is 6.68. The van der Waals surface area contributed by atoms with Gasteiger partial charge in [-0.3, -0.25) is 0 Å². The highest BCUT2D eigenvalue weighted by Gasteiger charge is 2.34. The minimum absolute atomic E-state index is 0.229. The molecule has 0 atom stereocenters. The largest absolute Gasteiger partial charge is 0.376 e. The van der Waals surface area contributed by atoms with Crippen molar-refractivity contribution in [1.29, 1.82) is 0 Å². The molecule has 0 saturated heterocycles. The molecular formula is C11H22N2O. The lowest BCUT2D eigenvalue weighted by Crippen LogP contribution is -2.56. The summed E-state index contributed by atoms with van der Waals surface area (Å²) >= 11 is 0. The number of rotatable bonds is 7. The normalized spacial score (nSPS) is 19.0. The van der Waals surface area contributed by atoms with E-state index in [1.54, 1.807) is 0 Å². The molecule has 3 nitrogen and oxygen atoms in total. The molecule has 0 aliphatic heterocycles. The Hall–Kier alpha value is -0.380. The molecule has 82 valence electrons. The van der Waals surface area contributed by atoms with Gasteiger partial charge in [-0.05, 0) is 26.2 Å². The highest BCUT2D eigenvalue weighted by atomic mass is 16.5. The van der Waals surface area contributed by atoms with Crippen molar-refractivity contribution in [2.45, 2.75) is 31.7 Å². The Morgan fingerprint density at radius 2 is 2.29 bits per heavy atom. The zero-order valence-electron chi connectivity index (χ0n) is 9.14. The summed E-state index contributed by atoms with van der Waals surface area (Å²) in [6.07, 6.45) is 3.73. The highest BCUT2D eigenvalue weighted by molar-refractivity contribution is 4.96. The zero-order chi connectivity index (χ0) is 10.4. The molecule has 1 aliphatic rings. The first-order valence-electron chi connectivity index (χ1n) is 5.36. The molecule has 1 rings (SSSR count). The topological polar surface area (TPSA) is 47.3 Å².